The molecule has 3 heteroatoms. The van der Waals surface area contributed by atoms with Crippen molar-refractivity contribution in [1.82, 2.24) is 0 Å². The van der Waals surface area contributed by atoms with Gasteiger partial charge in [-0.15, -0.1) is 0 Å². The molecule has 0 spiro atoms. The van der Waals surface area contributed by atoms with E-state index in [0.29, 0.717) is 13.2 Å². The molecule has 0 unspecified atom stereocenters. The monoisotopic (exact) mass is 228 g/mol. The Morgan fingerprint density at radius 1 is 1.13 bits per heavy atom. The average Bonchev–Trinajstić information content (AvgIpc) is 2.16. The van der Waals surface area contributed by atoms with E-state index >= 15 is 0 Å². The lowest BCUT2D eigenvalue weighted by molar-refractivity contribution is -0.140. The minimum absolute atomic E-state index is 0.308. The van der Waals surface area contributed by atoms with Crippen LogP contribution < -0.4 is 0 Å². The van der Waals surface area contributed by atoms with E-state index < -0.39 is 0 Å². The van der Waals surface area contributed by atoms with Gasteiger partial charge < -0.3 is 9.47 Å². The van der Waals surface area contributed by atoms with Crippen molar-refractivity contribution in [3.8, 4) is 0 Å². The van der Waals surface area contributed by atoms with Crippen molar-refractivity contribution in [2.24, 2.45) is 0 Å². The summed E-state index contributed by atoms with van der Waals surface area (Å²) < 4.78 is 11.0. The van der Waals surface area contributed by atoms with Crippen LogP contribution in [0.4, 0.5) is 0 Å². The first-order chi connectivity index (χ1) is 7.17. The first kappa shape index (κ1) is 12.5. The summed E-state index contributed by atoms with van der Waals surface area (Å²) >= 11 is 5.98. The fourth-order valence-electron chi connectivity index (χ4n) is 1.44. The van der Waals surface area contributed by atoms with Gasteiger partial charge in [-0.1, -0.05) is 17.7 Å². The van der Waals surface area contributed by atoms with Crippen LogP contribution in [0.3, 0.4) is 0 Å². The Morgan fingerprint density at radius 3 is 2.20 bits per heavy atom. The fourth-order valence-corrected chi connectivity index (χ4v) is 1.74. The van der Waals surface area contributed by atoms with Gasteiger partial charge in [0, 0.05) is 23.8 Å². The van der Waals surface area contributed by atoms with Gasteiger partial charge in [0.2, 0.25) is 0 Å². The molecule has 0 amide bonds. The maximum atomic E-state index is 5.98. The van der Waals surface area contributed by atoms with E-state index in [4.69, 9.17) is 21.1 Å². The zero-order valence-electron chi connectivity index (χ0n) is 9.42. The zero-order chi connectivity index (χ0) is 11.3. The second-order valence-electron chi connectivity index (χ2n) is 3.30. The van der Waals surface area contributed by atoms with E-state index in [-0.39, 0.29) is 6.29 Å². The van der Waals surface area contributed by atoms with Crippen LogP contribution in [-0.2, 0) is 9.47 Å². The molecule has 2 nitrogen and oxygen atoms in total. The van der Waals surface area contributed by atoms with Gasteiger partial charge in [-0.2, -0.15) is 0 Å². The van der Waals surface area contributed by atoms with Crippen LogP contribution in [0.15, 0.2) is 18.2 Å². The summed E-state index contributed by atoms with van der Waals surface area (Å²) in [5.74, 6) is 0. The van der Waals surface area contributed by atoms with Gasteiger partial charge in [0.25, 0.3) is 0 Å². The lowest BCUT2D eigenvalue weighted by Crippen LogP contribution is -2.09. The van der Waals surface area contributed by atoms with Crippen molar-refractivity contribution >= 4 is 11.6 Å². The second-order valence-corrected chi connectivity index (χ2v) is 3.74. The molecule has 0 aliphatic rings. The lowest BCUT2D eigenvalue weighted by atomic mass is 10.1. The summed E-state index contributed by atoms with van der Waals surface area (Å²) in [5.41, 5.74) is 2.09. The summed E-state index contributed by atoms with van der Waals surface area (Å²) in [4.78, 5) is 0. The Hall–Kier alpha value is -0.570. The molecule has 1 rings (SSSR count). The SMILES string of the molecule is CCOC(OCC)c1cc(C)cc(Cl)c1. The summed E-state index contributed by atoms with van der Waals surface area (Å²) in [6.45, 7) is 7.14. The number of aryl methyl sites for hydroxylation is 1. The molecule has 0 saturated heterocycles. The topological polar surface area (TPSA) is 18.5 Å². The molecular weight excluding hydrogens is 212 g/mol. The number of hydrogen-bond acceptors (Lipinski definition) is 2. The van der Waals surface area contributed by atoms with Crippen LogP contribution in [0.5, 0.6) is 0 Å². The van der Waals surface area contributed by atoms with Crippen LogP contribution in [0.25, 0.3) is 0 Å². The predicted octanol–water partition coefficient (Wildman–Crippen LogP) is 3.72. The van der Waals surface area contributed by atoms with E-state index in [9.17, 15) is 0 Å². The van der Waals surface area contributed by atoms with Gasteiger partial charge in [0.1, 0.15) is 0 Å². The molecular formula is C12H17ClO2. The summed E-state index contributed by atoms with van der Waals surface area (Å²) in [5, 5.41) is 0.717. The quantitative estimate of drug-likeness (QED) is 0.716. The highest BCUT2D eigenvalue weighted by atomic mass is 35.5. The highest BCUT2D eigenvalue weighted by Crippen LogP contribution is 2.23. The maximum absolute atomic E-state index is 5.98. The van der Waals surface area contributed by atoms with E-state index in [2.05, 4.69) is 0 Å². The van der Waals surface area contributed by atoms with E-state index in [1.54, 1.807) is 0 Å². The molecule has 1 aromatic carbocycles. The number of halogens is 1. The molecule has 0 aliphatic carbocycles. The van der Waals surface area contributed by atoms with Crippen LogP contribution in [-0.4, -0.2) is 13.2 Å². The van der Waals surface area contributed by atoms with Gasteiger partial charge >= 0.3 is 0 Å². The van der Waals surface area contributed by atoms with Crippen molar-refractivity contribution in [2.45, 2.75) is 27.1 Å². The van der Waals surface area contributed by atoms with Gasteiger partial charge in [0.05, 0.1) is 0 Å². The van der Waals surface area contributed by atoms with E-state index in [1.807, 2.05) is 39.0 Å². The third kappa shape index (κ3) is 3.82. The average molecular weight is 229 g/mol. The number of rotatable bonds is 5. The van der Waals surface area contributed by atoms with Gasteiger partial charge in [0.15, 0.2) is 6.29 Å². The zero-order valence-corrected chi connectivity index (χ0v) is 10.2. The normalized spacial score (nSPS) is 11.0. The second kappa shape index (κ2) is 6.11. The molecule has 0 saturated carbocycles. The molecule has 0 bridgehead atoms. The minimum Gasteiger partial charge on any atom is -0.349 e. The Bertz CT molecular complexity index is 286. The minimum atomic E-state index is -0.308. The third-order valence-corrected chi connectivity index (χ3v) is 2.19. The molecule has 0 atom stereocenters. The largest absolute Gasteiger partial charge is 0.349 e. The Morgan fingerprint density at radius 2 is 1.73 bits per heavy atom. The molecule has 0 aromatic heterocycles. The maximum Gasteiger partial charge on any atom is 0.183 e. The van der Waals surface area contributed by atoms with Crippen molar-refractivity contribution < 1.29 is 9.47 Å². The smallest absolute Gasteiger partial charge is 0.183 e. The molecule has 84 valence electrons. The van der Waals surface area contributed by atoms with Gasteiger partial charge in [-0.3, -0.25) is 0 Å². The first-order valence-electron chi connectivity index (χ1n) is 5.17. The molecule has 0 fully saturated rings. The van der Waals surface area contributed by atoms with Crippen molar-refractivity contribution in [3.63, 3.8) is 0 Å². The fraction of sp³-hybridized carbons (Fsp3) is 0.500. The Labute approximate surface area is 96.2 Å². The molecule has 0 heterocycles. The van der Waals surface area contributed by atoms with Crippen LogP contribution in [0.2, 0.25) is 5.02 Å². The van der Waals surface area contributed by atoms with Gasteiger partial charge in [-0.25, -0.2) is 0 Å². The van der Waals surface area contributed by atoms with E-state index in [1.165, 1.54) is 0 Å². The van der Waals surface area contributed by atoms with Crippen LogP contribution in [0.1, 0.15) is 31.3 Å². The summed E-state index contributed by atoms with van der Waals surface area (Å²) in [6, 6.07) is 5.83. The summed E-state index contributed by atoms with van der Waals surface area (Å²) in [7, 11) is 0. The summed E-state index contributed by atoms with van der Waals surface area (Å²) in [6.07, 6.45) is -0.308. The molecule has 0 N–H and O–H groups in total. The highest BCUT2D eigenvalue weighted by molar-refractivity contribution is 6.30. The molecule has 0 aliphatic heterocycles. The Kier molecular flexibility index (Phi) is 5.09. The van der Waals surface area contributed by atoms with Crippen molar-refractivity contribution in [3.05, 3.63) is 34.3 Å². The predicted molar refractivity (Wildman–Crippen MR) is 62.2 cm³/mol. The van der Waals surface area contributed by atoms with Crippen molar-refractivity contribution in [2.75, 3.05) is 13.2 Å². The third-order valence-electron chi connectivity index (χ3n) is 1.97. The van der Waals surface area contributed by atoms with Crippen LogP contribution >= 0.6 is 11.6 Å². The lowest BCUT2D eigenvalue weighted by Gasteiger charge is -2.17. The van der Waals surface area contributed by atoms with Crippen LogP contribution in [0, 0.1) is 6.92 Å². The molecule has 1 aromatic rings. The van der Waals surface area contributed by atoms with Crippen molar-refractivity contribution in [1.29, 1.82) is 0 Å². The van der Waals surface area contributed by atoms with Gasteiger partial charge in [-0.05, 0) is 38.5 Å². The van der Waals surface area contributed by atoms with E-state index in [0.717, 1.165) is 16.1 Å². The number of hydrogen-bond donors (Lipinski definition) is 0. The molecule has 0 radical (unpaired) electrons. The standard InChI is InChI=1S/C12H17ClO2/c1-4-14-12(15-5-2)10-6-9(3)7-11(13)8-10/h6-8,12H,4-5H2,1-3H3. The molecule has 15 heavy (non-hydrogen) atoms. The number of benzene rings is 1. The number of ether oxygens (including phenoxy) is 2. The first-order valence-corrected chi connectivity index (χ1v) is 5.55. The Balaban J connectivity index is 2.88. The highest BCUT2D eigenvalue weighted by Gasteiger charge is 2.11.